The fourth-order valence-corrected chi connectivity index (χ4v) is 3.35. The summed E-state index contributed by atoms with van der Waals surface area (Å²) >= 11 is 1.46. The molecule has 0 unspecified atom stereocenters. The highest BCUT2D eigenvalue weighted by Crippen LogP contribution is 2.17. The fourth-order valence-electron chi connectivity index (χ4n) is 2.69. The summed E-state index contributed by atoms with van der Waals surface area (Å²) in [7, 11) is 0. The zero-order valence-corrected chi connectivity index (χ0v) is 17.4. The predicted octanol–water partition coefficient (Wildman–Crippen LogP) is 4.42. The normalized spacial score (nSPS) is 10.9. The van der Waals surface area contributed by atoms with Gasteiger partial charge in [0.15, 0.2) is 0 Å². The molecule has 3 amide bonds. The van der Waals surface area contributed by atoms with Crippen LogP contribution >= 0.6 is 11.3 Å². The molecule has 0 radical (unpaired) electrons. The van der Waals surface area contributed by atoms with E-state index in [2.05, 4.69) is 16.0 Å². The Labute approximate surface area is 178 Å². The minimum absolute atomic E-state index is 0.134. The zero-order chi connectivity index (χ0) is 21.5. The number of carbonyl (C=O) groups is 3. The number of hydrogen-bond donors (Lipinski definition) is 3. The topological polar surface area (TPSA) is 87.3 Å². The molecule has 6 nitrogen and oxygen atoms in total. The van der Waals surface area contributed by atoms with Gasteiger partial charge in [-0.2, -0.15) is 0 Å². The smallest absolute Gasteiger partial charge is 0.272 e. The van der Waals surface area contributed by atoms with Crippen molar-refractivity contribution < 1.29 is 14.4 Å². The first-order chi connectivity index (χ1) is 14.4. The molecule has 0 saturated carbocycles. The highest BCUT2D eigenvalue weighted by Gasteiger charge is 2.15. The van der Waals surface area contributed by atoms with Gasteiger partial charge in [-0.3, -0.25) is 14.4 Å². The highest BCUT2D eigenvalue weighted by molar-refractivity contribution is 7.10. The maximum atomic E-state index is 12.9. The molecule has 0 spiro atoms. The van der Waals surface area contributed by atoms with Gasteiger partial charge in [-0.25, -0.2) is 0 Å². The van der Waals surface area contributed by atoms with E-state index in [0.29, 0.717) is 16.9 Å². The summed E-state index contributed by atoms with van der Waals surface area (Å²) in [5.74, 6) is -0.985. The summed E-state index contributed by atoms with van der Waals surface area (Å²) in [6.07, 6.45) is 1.64. The van der Waals surface area contributed by atoms with Crippen molar-refractivity contribution in [3.8, 4) is 0 Å². The van der Waals surface area contributed by atoms with Gasteiger partial charge in [0.2, 0.25) is 5.91 Å². The second-order valence-electron chi connectivity index (χ2n) is 6.61. The van der Waals surface area contributed by atoms with E-state index in [1.165, 1.54) is 18.3 Å². The Balaban J connectivity index is 1.79. The fraction of sp³-hybridized carbons (Fsp3) is 0.0870. The van der Waals surface area contributed by atoms with Crippen molar-refractivity contribution in [2.75, 3.05) is 10.6 Å². The van der Waals surface area contributed by atoms with Crippen LogP contribution in [0.15, 0.2) is 71.7 Å². The largest absolute Gasteiger partial charge is 0.326 e. The van der Waals surface area contributed by atoms with Gasteiger partial charge in [0.1, 0.15) is 5.70 Å². The van der Waals surface area contributed by atoms with E-state index in [0.717, 1.165) is 10.4 Å². The Morgan fingerprint density at radius 2 is 1.60 bits per heavy atom. The summed E-state index contributed by atoms with van der Waals surface area (Å²) in [4.78, 5) is 37.5. The van der Waals surface area contributed by atoms with Crippen molar-refractivity contribution >= 4 is 46.5 Å². The molecule has 3 N–H and O–H groups in total. The van der Waals surface area contributed by atoms with E-state index >= 15 is 0 Å². The van der Waals surface area contributed by atoms with E-state index in [-0.39, 0.29) is 17.5 Å². The van der Waals surface area contributed by atoms with Gasteiger partial charge in [-0.05, 0) is 60.8 Å². The van der Waals surface area contributed by atoms with E-state index in [4.69, 9.17) is 0 Å². The summed E-state index contributed by atoms with van der Waals surface area (Å²) in [5, 5.41) is 10.1. The predicted molar refractivity (Wildman–Crippen MR) is 120 cm³/mol. The Kier molecular flexibility index (Phi) is 6.77. The standard InChI is InChI=1S/C23H21N3O3S/c1-15-5-3-6-17(13-15)22(28)26-21(14-20-7-4-12-30-20)23(29)25-19-10-8-18(9-11-19)24-16(2)27/h3-14H,1-2H3,(H,24,27)(H,25,29)(H,26,28)/b21-14-. The first-order valence-electron chi connectivity index (χ1n) is 9.23. The molecule has 0 bridgehead atoms. The molecule has 0 aliphatic carbocycles. The number of carbonyl (C=O) groups excluding carboxylic acids is 3. The zero-order valence-electron chi connectivity index (χ0n) is 16.6. The molecule has 1 heterocycles. The second-order valence-corrected chi connectivity index (χ2v) is 7.59. The number of thiophene rings is 1. The third-order valence-corrected chi connectivity index (χ3v) is 4.89. The van der Waals surface area contributed by atoms with Crippen LogP contribution in [-0.4, -0.2) is 17.7 Å². The number of amides is 3. The lowest BCUT2D eigenvalue weighted by Crippen LogP contribution is -2.30. The Hall–Kier alpha value is -3.71. The molecule has 152 valence electrons. The van der Waals surface area contributed by atoms with Crippen LogP contribution in [0.5, 0.6) is 0 Å². The lowest BCUT2D eigenvalue weighted by molar-refractivity contribution is -0.114. The Morgan fingerprint density at radius 3 is 2.20 bits per heavy atom. The lowest BCUT2D eigenvalue weighted by atomic mass is 10.1. The van der Waals surface area contributed by atoms with Crippen molar-refractivity contribution in [1.29, 1.82) is 0 Å². The first kappa shape index (κ1) is 21.0. The molecule has 0 aliphatic rings. The second kappa shape index (κ2) is 9.67. The Bertz CT molecular complexity index is 1090. The molecule has 3 aromatic rings. The molecule has 0 saturated heterocycles. The van der Waals surface area contributed by atoms with Gasteiger partial charge in [-0.15, -0.1) is 11.3 Å². The molecule has 3 rings (SSSR count). The number of nitrogens with one attached hydrogen (secondary N) is 3. The first-order valence-corrected chi connectivity index (χ1v) is 10.1. The minimum atomic E-state index is -0.448. The van der Waals surface area contributed by atoms with Gasteiger partial charge in [0.25, 0.3) is 11.8 Å². The third kappa shape index (κ3) is 5.89. The number of anilines is 2. The Morgan fingerprint density at radius 1 is 0.900 bits per heavy atom. The van der Waals surface area contributed by atoms with Gasteiger partial charge < -0.3 is 16.0 Å². The SMILES string of the molecule is CC(=O)Nc1ccc(NC(=O)/C(=C/c2cccs2)NC(=O)c2cccc(C)c2)cc1. The summed E-state index contributed by atoms with van der Waals surface area (Å²) in [5.41, 5.74) is 2.73. The van der Waals surface area contributed by atoms with Gasteiger partial charge >= 0.3 is 0 Å². The average molecular weight is 420 g/mol. The quantitative estimate of drug-likeness (QED) is 0.517. The van der Waals surface area contributed by atoms with E-state index < -0.39 is 5.91 Å². The van der Waals surface area contributed by atoms with Crippen LogP contribution in [0.3, 0.4) is 0 Å². The number of rotatable bonds is 6. The van der Waals surface area contributed by atoms with Crippen LogP contribution < -0.4 is 16.0 Å². The maximum absolute atomic E-state index is 12.9. The molecule has 1 aromatic heterocycles. The lowest BCUT2D eigenvalue weighted by Gasteiger charge is -2.12. The summed E-state index contributed by atoms with van der Waals surface area (Å²) in [6, 6.07) is 17.6. The van der Waals surface area contributed by atoms with E-state index in [1.54, 1.807) is 48.5 Å². The third-order valence-electron chi connectivity index (χ3n) is 4.07. The van der Waals surface area contributed by atoms with Crippen LogP contribution in [0, 0.1) is 6.92 Å². The van der Waals surface area contributed by atoms with Crippen LogP contribution in [0.4, 0.5) is 11.4 Å². The van der Waals surface area contributed by atoms with Crippen LogP contribution in [-0.2, 0) is 9.59 Å². The van der Waals surface area contributed by atoms with Gasteiger partial charge in [0, 0.05) is 28.7 Å². The molecule has 0 atom stereocenters. The molecule has 30 heavy (non-hydrogen) atoms. The van der Waals surface area contributed by atoms with E-state index in [1.807, 2.05) is 30.5 Å². The monoisotopic (exact) mass is 419 g/mol. The van der Waals surface area contributed by atoms with Crippen molar-refractivity contribution in [3.05, 3.63) is 87.7 Å². The average Bonchev–Trinajstić information content (AvgIpc) is 3.21. The molecule has 0 aliphatic heterocycles. The molecule has 7 heteroatoms. The summed E-state index contributed by atoms with van der Waals surface area (Å²) in [6.45, 7) is 3.32. The highest BCUT2D eigenvalue weighted by atomic mass is 32.1. The van der Waals surface area contributed by atoms with Crippen molar-refractivity contribution in [3.63, 3.8) is 0 Å². The van der Waals surface area contributed by atoms with Crippen LogP contribution in [0.25, 0.3) is 6.08 Å². The molecule has 2 aromatic carbocycles. The molecular weight excluding hydrogens is 398 g/mol. The number of hydrogen-bond acceptors (Lipinski definition) is 4. The van der Waals surface area contributed by atoms with E-state index in [9.17, 15) is 14.4 Å². The van der Waals surface area contributed by atoms with Crippen molar-refractivity contribution in [2.24, 2.45) is 0 Å². The number of aryl methyl sites for hydroxylation is 1. The maximum Gasteiger partial charge on any atom is 0.272 e. The van der Waals surface area contributed by atoms with Crippen LogP contribution in [0.1, 0.15) is 27.7 Å². The van der Waals surface area contributed by atoms with Gasteiger partial charge in [0.05, 0.1) is 0 Å². The van der Waals surface area contributed by atoms with Gasteiger partial charge in [-0.1, -0.05) is 23.8 Å². The molecular formula is C23H21N3O3S. The minimum Gasteiger partial charge on any atom is -0.326 e. The summed E-state index contributed by atoms with van der Waals surface area (Å²) < 4.78 is 0. The number of benzene rings is 2. The van der Waals surface area contributed by atoms with Crippen LogP contribution in [0.2, 0.25) is 0 Å². The van der Waals surface area contributed by atoms with Crippen molar-refractivity contribution in [2.45, 2.75) is 13.8 Å². The van der Waals surface area contributed by atoms with Crippen molar-refractivity contribution in [1.82, 2.24) is 5.32 Å². The molecule has 0 fully saturated rings.